The Balaban J connectivity index is 0.000000913. The molecule has 3 fully saturated rings. The Kier molecular flexibility index (Phi) is 8.40. The smallest absolute Gasteiger partial charge is 0.290 e. The standard InChI is InChI=1S/C21H31N5O3.CH2O2/c1-2-22-19(27)17-3-4-18(23-15-17)26-8-6-21(16-26)5-7-25(20(21)28)10-9-24-11-13-29-14-12-24;2-1-3/h3-4,15H,2,5-14,16H2,1H3,(H,22,27);1H,(H,2,3). The van der Waals surface area contributed by atoms with E-state index in [-0.39, 0.29) is 17.8 Å². The summed E-state index contributed by atoms with van der Waals surface area (Å²) in [6, 6.07) is 3.70. The number of morpholine rings is 1. The van der Waals surface area contributed by atoms with Crippen molar-refractivity contribution >= 4 is 24.1 Å². The number of ether oxygens (including phenoxy) is 1. The molecule has 3 aliphatic heterocycles. The summed E-state index contributed by atoms with van der Waals surface area (Å²) in [6.45, 7) is 9.86. The Morgan fingerprint density at radius 3 is 2.59 bits per heavy atom. The molecule has 0 aromatic carbocycles. The molecule has 0 aliphatic carbocycles. The molecule has 1 aromatic rings. The molecule has 4 heterocycles. The van der Waals surface area contributed by atoms with Crippen LogP contribution in [0, 0.1) is 5.41 Å². The van der Waals surface area contributed by atoms with Crippen LogP contribution in [0.1, 0.15) is 30.1 Å². The van der Waals surface area contributed by atoms with Gasteiger partial charge >= 0.3 is 0 Å². The lowest BCUT2D eigenvalue weighted by Gasteiger charge is -2.29. The van der Waals surface area contributed by atoms with Crippen LogP contribution >= 0.6 is 0 Å². The Labute approximate surface area is 188 Å². The van der Waals surface area contributed by atoms with Gasteiger partial charge in [-0.05, 0) is 31.9 Å². The second-order valence-electron chi connectivity index (χ2n) is 8.32. The minimum atomic E-state index is -0.273. The zero-order valence-corrected chi connectivity index (χ0v) is 18.7. The molecule has 3 saturated heterocycles. The van der Waals surface area contributed by atoms with Crippen molar-refractivity contribution in [3.05, 3.63) is 23.9 Å². The van der Waals surface area contributed by atoms with Gasteiger partial charge in [0.1, 0.15) is 5.82 Å². The van der Waals surface area contributed by atoms with Gasteiger partial charge in [-0.2, -0.15) is 0 Å². The van der Waals surface area contributed by atoms with Crippen molar-refractivity contribution < 1.29 is 24.2 Å². The molecule has 1 spiro atoms. The maximum atomic E-state index is 13.2. The molecule has 1 unspecified atom stereocenters. The van der Waals surface area contributed by atoms with E-state index >= 15 is 0 Å². The van der Waals surface area contributed by atoms with Gasteiger partial charge in [0.05, 0.1) is 24.2 Å². The molecule has 10 heteroatoms. The first-order valence-corrected chi connectivity index (χ1v) is 11.2. The van der Waals surface area contributed by atoms with Crippen LogP contribution in [0.25, 0.3) is 0 Å². The number of carbonyl (C=O) groups excluding carboxylic acids is 2. The number of nitrogens with zero attached hydrogens (tertiary/aromatic N) is 4. The quantitative estimate of drug-likeness (QED) is 0.598. The fraction of sp³-hybridized carbons (Fsp3) is 0.636. The first kappa shape index (κ1) is 23.9. The average molecular weight is 448 g/mol. The van der Waals surface area contributed by atoms with Crippen LogP contribution in [-0.4, -0.2) is 104 Å². The molecular formula is C22H33N5O5. The normalized spacial score (nSPS) is 23.2. The van der Waals surface area contributed by atoms with E-state index in [4.69, 9.17) is 14.6 Å². The number of rotatable bonds is 6. The second-order valence-corrected chi connectivity index (χ2v) is 8.32. The maximum Gasteiger partial charge on any atom is 0.290 e. The number of nitrogens with one attached hydrogen (secondary N) is 1. The van der Waals surface area contributed by atoms with Gasteiger partial charge in [0.25, 0.3) is 12.4 Å². The number of amides is 2. The summed E-state index contributed by atoms with van der Waals surface area (Å²) >= 11 is 0. The van der Waals surface area contributed by atoms with Gasteiger partial charge in [-0.15, -0.1) is 0 Å². The van der Waals surface area contributed by atoms with Crippen LogP contribution < -0.4 is 10.2 Å². The first-order valence-electron chi connectivity index (χ1n) is 11.2. The predicted molar refractivity (Wildman–Crippen MR) is 119 cm³/mol. The Morgan fingerprint density at radius 2 is 1.94 bits per heavy atom. The number of pyridine rings is 1. The Morgan fingerprint density at radius 1 is 1.22 bits per heavy atom. The van der Waals surface area contributed by atoms with Gasteiger partial charge in [-0.25, -0.2) is 4.98 Å². The van der Waals surface area contributed by atoms with E-state index in [1.165, 1.54) is 0 Å². The van der Waals surface area contributed by atoms with Crippen molar-refractivity contribution in [2.75, 3.05) is 70.5 Å². The van der Waals surface area contributed by atoms with Crippen molar-refractivity contribution in [3.8, 4) is 0 Å². The van der Waals surface area contributed by atoms with Gasteiger partial charge in [-0.1, -0.05) is 0 Å². The molecule has 0 bridgehead atoms. The minimum absolute atomic E-state index is 0.105. The van der Waals surface area contributed by atoms with E-state index in [1.807, 2.05) is 24.0 Å². The van der Waals surface area contributed by atoms with Crippen LogP contribution in [0.4, 0.5) is 5.82 Å². The number of hydrogen-bond acceptors (Lipinski definition) is 7. The molecule has 3 aliphatic rings. The topological polar surface area (TPSA) is 115 Å². The zero-order chi connectivity index (χ0) is 23.0. The summed E-state index contributed by atoms with van der Waals surface area (Å²) in [6.07, 6.45) is 3.42. The van der Waals surface area contributed by atoms with Crippen molar-refractivity contribution in [1.29, 1.82) is 0 Å². The third-order valence-corrected chi connectivity index (χ3v) is 6.42. The summed E-state index contributed by atoms with van der Waals surface area (Å²) in [5, 5.41) is 9.67. The SMILES string of the molecule is CCNC(=O)c1ccc(N2CCC3(CCN(CCN4CCOCC4)C3=O)C2)nc1.O=CO. The van der Waals surface area contributed by atoms with E-state index in [9.17, 15) is 9.59 Å². The van der Waals surface area contributed by atoms with Gasteiger partial charge in [0.15, 0.2) is 0 Å². The number of carboxylic acid groups (broad SMARTS) is 1. The van der Waals surface area contributed by atoms with Crippen LogP contribution in [0.5, 0.6) is 0 Å². The fourth-order valence-corrected chi connectivity index (χ4v) is 4.61. The summed E-state index contributed by atoms with van der Waals surface area (Å²) in [7, 11) is 0. The van der Waals surface area contributed by atoms with Gasteiger partial charge in [0, 0.05) is 58.6 Å². The maximum absolute atomic E-state index is 13.2. The predicted octanol–water partition coefficient (Wildman–Crippen LogP) is 0.293. The number of hydrogen-bond donors (Lipinski definition) is 2. The molecule has 2 N–H and O–H groups in total. The highest BCUT2D eigenvalue weighted by atomic mass is 16.5. The van der Waals surface area contributed by atoms with Crippen LogP contribution in [-0.2, 0) is 14.3 Å². The van der Waals surface area contributed by atoms with E-state index < -0.39 is 0 Å². The summed E-state index contributed by atoms with van der Waals surface area (Å²) in [4.78, 5) is 44.5. The summed E-state index contributed by atoms with van der Waals surface area (Å²) in [5.74, 6) is 1.04. The Hall–Kier alpha value is -2.72. The third-order valence-electron chi connectivity index (χ3n) is 6.42. The number of carbonyl (C=O) groups is 3. The highest BCUT2D eigenvalue weighted by Crippen LogP contribution is 2.41. The molecule has 0 saturated carbocycles. The fourth-order valence-electron chi connectivity index (χ4n) is 4.61. The third kappa shape index (κ3) is 5.55. The van der Waals surface area contributed by atoms with Crippen LogP contribution in [0.3, 0.4) is 0 Å². The summed E-state index contributed by atoms with van der Waals surface area (Å²) in [5.41, 5.74) is 0.293. The lowest BCUT2D eigenvalue weighted by Crippen LogP contribution is -2.43. The lowest BCUT2D eigenvalue weighted by atomic mass is 9.85. The van der Waals surface area contributed by atoms with Crippen molar-refractivity contribution in [3.63, 3.8) is 0 Å². The highest BCUT2D eigenvalue weighted by molar-refractivity contribution is 5.94. The molecule has 4 rings (SSSR count). The van der Waals surface area contributed by atoms with Gasteiger partial charge < -0.3 is 25.0 Å². The van der Waals surface area contributed by atoms with Gasteiger partial charge in [-0.3, -0.25) is 19.3 Å². The molecule has 1 atom stereocenters. The lowest BCUT2D eigenvalue weighted by molar-refractivity contribution is -0.135. The van der Waals surface area contributed by atoms with E-state index in [0.29, 0.717) is 24.6 Å². The second kappa shape index (κ2) is 11.2. The largest absolute Gasteiger partial charge is 0.483 e. The van der Waals surface area contributed by atoms with E-state index in [2.05, 4.69) is 20.1 Å². The molecule has 176 valence electrons. The van der Waals surface area contributed by atoms with E-state index in [0.717, 1.165) is 71.1 Å². The molecular weight excluding hydrogens is 414 g/mol. The van der Waals surface area contributed by atoms with Gasteiger partial charge in [0.2, 0.25) is 5.91 Å². The Bertz CT molecular complexity index is 783. The van der Waals surface area contributed by atoms with Crippen molar-refractivity contribution in [2.24, 2.45) is 5.41 Å². The number of anilines is 1. The molecule has 10 nitrogen and oxygen atoms in total. The molecule has 2 amide bonds. The summed E-state index contributed by atoms with van der Waals surface area (Å²) < 4.78 is 5.40. The minimum Gasteiger partial charge on any atom is -0.483 e. The monoisotopic (exact) mass is 447 g/mol. The number of aromatic nitrogens is 1. The zero-order valence-electron chi connectivity index (χ0n) is 18.7. The van der Waals surface area contributed by atoms with E-state index in [1.54, 1.807) is 6.20 Å². The molecule has 0 radical (unpaired) electrons. The van der Waals surface area contributed by atoms with Crippen molar-refractivity contribution in [1.82, 2.24) is 20.1 Å². The highest BCUT2D eigenvalue weighted by Gasteiger charge is 2.50. The molecule has 1 aromatic heterocycles. The number of likely N-dealkylation sites (tertiary alicyclic amines) is 1. The average Bonchev–Trinajstić information content (AvgIpc) is 3.38. The van der Waals surface area contributed by atoms with Crippen LogP contribution in [0.2, 0.25) is 0 Å². The molecule has 32 heavy (non-hydrogen) atoms. The van der Waals surface area contributed by atoms with Crippen molar-refractivity contribution in [2.45, 2.75) is 19.8 Å². The first-order chi connectivity index (χ1) is 15.5. The van der Waals surface area contributed by atoms with Crippen LogP contribution in [0.15, 0.2) is 18.3 Å².